The van der Waals surface area contributed by atoms with Crippen LogP contribution in [0.25, 0.3) is 0 Å². The maximum atomic E-state index is 4.56. The molecule has 1 aromatic heterocycles. The maximum Gasteiger partial charge on any atom is 0.0609 e. The molecule has 32 heavy (non-hydrogen) atoms. The third kappa shape index (κ3) is 2.59. The molecule has 160 valence electrons. The molecular weight excluding hydrogens is 388 g/mol. The third-order valence-corrected chi connectivity index (χ3v) is 8.93. The van der Waals surface area contributed by atoms with Crippen molar-refractivity contribution in [3.05, 3.63) is 113 Å². The van der Waals surface area contributed by atoms with Gasteiger partial charge in [-0.3, -0.25) is 9.88 Å². The van der Waals surface area contributed by atoms with E-state index in [0.717, 1.165) is 25.8 Å². The lowest BCUT2D eigenvalue weighted by molar-refractivity contribution is 0.00675. The second-order valence-corrected chi connectivity index (χ2v) is 10.2. The van der Waals surface area contributed by atoms with Gasteiger partial charge in [0.2, 0.25) is 0 Å². The van der Waals surface area contributed by atoms with Crippen LogP contribution >= 0.6 is 0 Å². The summed E-state index contributed by atoms with van der Waals surface area (Å²) in [5, 5.41) is 0. The van der Waals surface area contributed by atoms with Crippen LogP contribution in [-0.2, 0) is 24.7 Å². The molecule has 0 spiro atoms. The number of allylic oxidation sites excluding steroid dienone is 2. The van der Waals surface area contributed by atoms with Crippen LogP contribution in [0.4, 0.5) is 0 Å². The average Bonchev–Trinajstić information content (AvgIpc) is 3.01. The van der Waals surface area contributed by atoms with Gasteiger partial charge >= 0.3 is 0 Å². The third-order valence-electron chi connectivity index (χ3n) is 8.93. The van der Waals surface area contributed by atoms with Gasteiger partial charge in [0.15, 0.2) is 0 Å². The number of fused-ring (bicyclic) bond motifs is 3. The van der Waals surface area contributed by atoms with Crippen molar-refractivity contribution in [1.82, 2.24) is 9.88 Å². The molecule has 1 saturated heterocycles. The summed E-state index contributed by atoms with van der Waals surface area (Å²) in [7, 11) is 0. The van der Waals surface area contributed by atoms with Gasteiger partial charge in [-0.15, -0.1) is 0 Å². The molecule has 0 amide bonds. The highest BCUT2D eigenvalue weighted by Crippen LogP contribution is 2.55. The Bertz CT molecular complexity index is 1160. The van der Waals surface area contributed by atoms with Crippen molar-refractivity contribution >= 4 is 0 Å². The molecule has 0 unspecified atom stereocenters. The Morgan fingerprint density at radius 3 is 2.41 bits per heavy atom. The summed E-state index contributed by atoms with van der Waals surface area (Å²) >= 11 is 0. The highest BCUT2D eigenvalue weighted by molar-refractivity contribution is 5.47. The van der Waals surface area contributed by atoms with Gasteiger partial charge in [0.05, 0.1) is 6.04 Å². The molecule has 7 rings (SSSR count). The van der Waals surface area contributed by atoms with E-state index in [-0.39, 0.29) is 5.41 Å². The van der Waals surface area contributed by atoms with Gasteiger partial charge in [0.1, 0.15) is 0 Å². The van der Waals surface area contributed by atoms with E-state index in [2.05, 4.69) is 82.8 Å². The van der Waals surface area contributed by atoms with E-state index < -0.39 is 0 Å². The summed E-state index contributed by atoms with van der Waals surface area (Å²) < 4.78 is 0. The van der Waals surface area contributed by atoms with Crippen LogP contribution in [0.1, 0.15) is 58.7 Å². The number of rotatable bonds is 1. The van der Waals surface area contributed by atoms with E-state index in [1.807, 2.05) is 6.20 Å². The lowest BCUT2D eigenvalue weighted by atomic mass is 9.54. The summed E-state index contributed by atoms with van der Waals surface area (Å²) in [6.07, 6.45) is 16.3. The molecule has 0 N–H and O–H groups in total. The Morgan fingerprint density at radius 1 is 0.875 bits per heavy atom. The summed E-state index contributed by atoms with van der Waals surface area (Å²) in [6, 6.07) is 21.7. The predicted octanol–water partition coefficient (Wildman–Crippen LogP) is 5.80. The first-order valence-corrected chi connectivity index (χ1v) is 12.4. The SMILES string of the molecule is C1=C[C@@]23CCN(C4c5ccccc5CCc5ccccc54)[C@@H](Cc4ccncc42)[C@H]3CC1. The second-order valence-electron chi connectivity index (χ2n) is 10.2. The number of hydrogen-bond donors (Lipinski definition) is 0. The van der Waals surface area contributed by atoms with E-state index >= 15 is 0 Å². The van der Waals surface area contributed by atoms with Crippen molar-refractivity contribution in [2.45, 2.75) is 56.0 Å². The first-order valence-electron chi connectivity index (χ1n) is 12.4. The van der Waals surface area contributed by atoms with E-state index in [1.165, 1.54) is 52.6 Å². The summed E-state index contributed by atoms with van der Waals surface area (Å²) in [5.41, 5.74) is 9.37. The van der Waals surface area contributed by atoms with Crippen LogP contribution < -0.4 is 0 Å². The number of pyridine rings is 1. The molecule has 0 saturated carbocycles. The van der Waals surface area contributed by atoms with Gasteiger partial charge in [-0.05, 0) is 83.9 Å². The van der Waals surface area contributed by atoms with Crippen LogP contribution in [0.15, 0.2) is 79.1 Å². The lowest BCUT2D eigenvalue weighted by Gasteiger charge is -2.58. The van der Waals surface area contributed by atoms with Crippen molar-refractivity contribution in [3.8, 4) is 0 Å². The van der Waals surface area contributed by atoms with E-state index in [1.54, 1.807) is 0 Å². The van der Waals surface area contributed by atoms with Crippen LogP contribution in [0.3, 0.4) is 0 Å². The fourth-order valence-electron chi connectivity index (χ4n) is 7.57. The van der Waals surface area contributed by atoms with E-state index in [9.17, 15) is 0 Å². The zero-order valence-corrected chi connectivity index (χ0v) is 18.6. The fourth-order valence-corrected chi connectivity index (χ4v) is 7.57. The van der Waals surface area contributed by atoms with E-state index in [4.69, 9.17) is 0 Å². The molecule has 3 aliphatic carbocycles. The molecule has 2 nitrogen and oxygen atoms in total. The Balaban J connectivity index is 1.41. The quantitative estimate of drug-likeness (QED) is 0.464. The normalized spacial score (nSPS) is 28.8. The van der Waals surface area contributed by atoms with Crippen LogP contribution in [0, 0.1) is 5.92 Å². The van der Waals surface area contributed by atoms with Gasteiger partial charge in [-0.25, -0.2) is 0 Å². The fraction of sp³-hybridized carbons (Fsp3) is 0.367. The summed E-state index contributed by atoms with van der Waals surface area (Å²) in [6.45, 7) is 1.15. The zero-order valence-electron chi connectivity index (χ0n) is 18.6. The van der Waals surface area contributed by atoms with Crippen molar-refractivity contribution in [1.29, 1.82) is 0 Å². The van der Waals surface area contributed by atoms with Gasteiger partial charge < -0.3 is 0 Å². The Kier molecular flexibility index (Phi) is 4.20. The molecule has 4 aliphatic rings. The van der Waals surface area contributed by atoms with E-state index in [0.29, 0.717) is 18.0 Å². The standard InChI is InChI=1S/C30H30N2/c1-3-9-24-21(7-1)12-13-22-8-2-4-10-25(22)29(24)32-18-16-30-15-6-5-11-26(30)28(32)19-23-14-17-31-20-27(23)30/h1-4,6-10,14-15,17,20,26,28-29H,5,11-13,16,18-19H2/t26-,28+,30+/m1/s1. The average molecular weight is 419 g/mol. The first-order chi connectivity index (χ1) is 15.9. The first kappa shape index (κ1) is 18.8. The van der Waals surface area contributed by atoms with Crippen LogP contribution in [-0.4, -0.2) is 22.5 Å². The van der Waals surface area contributed by atoms with Crippen LogP contribution in [0.2, 0.25) is 0 Å². The van der Waals surface area contributed by atoms with Gasteiger partial charge in [0, 0.05) is 30.4 Å². The predicted molar refractivity (Wildman–Crippen MR) is 129 cm³/mol. The number of aromatic nitrogens is 1. The van der Waals surface area contributed by atoms with Gasteiger partial charge in [0.25, 0.3) is 0 Å². The Hall–Kier alpha value is -2.71. The number of nitrogens with zero attached hydrogens (tertiary/aromatic N) is 2. The summed E-state index contributed by atoms with van der Waals surface area (Å²) in [5.74, 6) is 0.681. The minimum Gasteiger partial charge on any atom is -0.289 e. The topological polar surface area (TPSA) is 16.1 Å². The number of piperidine rings is 1. The van der Waals surface area contributed by atoms with Crippen LogP contribution in [0.5, 0.6) is 0 Å². The molecule has 3 atom stereocenters. The molecule has 2 heterocycles. The molecule has 0 radical (unpaired) electrons. The highest BCUT2D eigenvalue weighted by Gasteiger charge is 2.54. The van der Waals surface area contributed by atoms with Crippen molar-refractivity contribution in [3.63, 3.8) is 0 Å². The Morgan fingerprint density at radius 2 is 1.62 bits per heavy atom. The molecule has 1 aliphatic heterocycles. The molecular formula is C30H30N2. The van der Waals surface area contributed by atoms with Crippen molar-refractivity contribution in [2.75, 3.05) is 6.54 Å². The lowest BCUT2D eigenvalue weighted by Crippen LogP contribution is -2.60. The molecule has 1 fully saturated rings. The molecule has 2 heteroatoms. The Labute approximate surface area is 191 Å². The zero-order chi connectivity index (χ0) is 21.1. The second kappa shape index (κ2) is 7.15. The minimum atomic E-state index is 0.186. The minimum absolute atomic E-state index is 0.186. The van der Waals surface area contributed by atoms with Gasteiger partial charge in [-0.2, -0.15) is 0 Å². The largest absolute Gasteiger partial charge is 0.289 e. The van der Waals surface area contributed by atoms with Crippen molar-refractivity contribution < 1.29 is 0 Å². The molecule has 2 bridgehead atoms. The van der Waals surface area contributed by atoms with Crippen molar-refractivity contribution in [2.24, 2.45) is 5.92 Å². The molecule has 3 aromatic rings. The number of likely N-dealkylation sites (tertiary alicyclic amines) is 1. The van der Waals surface area contributed by atoms with Gasteiger partial charge in [-0.1, -0.05) is 60.7 Å². The number of aryl methyl sites for hydroxylation is 2. The highest BCUT2D eigenvalue weighted by atomic mass is 15.2. The number of benzene rings is 2. The summed E-state index contributed by atoms with van der Waals surface area (Å²) in [4.78, 5) is 7.48. The maximum absolute atomic E-state index is 4.56. The monoisotopic (exact) mass is 418 g/mol. The number of hydrogen-bond acceptors (Lipinski definition) is 2. The smallest absolute Gasteiger partial charge is 0.0609 e. The molecule has 2 aromatic carbocycles.